The molecule has 0 aromatic rings. The summed E-state index contributed by atoms with van der Waals surface area (Å²) in [6.07, 6.45) is 79.3. The van der Waals surface area contributed by atoms with Gasteiger partial charge in [0, 0.05) is 19.3 Å². The number of unbranched alkanes of at least 4 members (excludes halogenated alkanes) is 23. The molecule has 0 aliphatic rings. The summed E-state index contributed by atoms with van der Waals surface area (Å²) in [5.41, 5.74) is 0. The zero-order valence-corrected chi connectivity index (χ0v) is 46.2. The average molecular weight is 986 g/mol. The van der Waals surface area contributed by atoms with E-state index >= 15 is 0 Å². The summed E-state index contributed by atoms with van der Waals surface area (Å²) in [7, 11) is 0. The van der Waals surface area contributed by atoms with Crippen molar-refractivity contribution in [3.05, 3.63) is 109 Å². The van der Waals surface area contributed by atoms with Gasteiger partial charge < -0.3 is 14.2 Å². The van der Waals surface area contributed by atoms with E-state index in [2.05, 4.69) is 130 Å². The lowest BCUT2D eigenvalue weighted by Gasteiger charge is -2.18. The van der Waals surface area contributed by atoms with Gasteiger partial charge in [0.1, 0.15) is 13.2 Å². The van der Waals surface area contributed by atoms with Crippen molar-refractivity contribution < 1.29 is 28.6 Å². The minimum atomic E-state index is -0.816. The Kier molecular flexibility index (Phi) is 55.4. The van der Waals surface area contributed by atoms with E-state index in [1.807, 2.05) is 0 Å². The topological polar surface area (TPSA) is 78.9 Å². The lowest BCUT2D eigenvalue weighted by molar-refractivity contribution is -0.167. The van der Waals surface area contributed by atoms with Gasteiger partial charge in [-0.2, -0.15) is 0 Å². The lowest BCUT2D eigenvalue weighted by Crippen LogP contribution is -2.30. The first kappa shape index (κ1) is 67.1. The molecular formula is C65H108O6. The number of rotatable bonds is 52. The van der Waals surface area contributed by atoms with E-state index in [1.54, 1.807) is 0 Å². The van der Waals surface area contributed by atoms with Crippen LogP contribution in [-0.2, 0) is 28.6 Å². The highest BCUT2D eigenvalue weighted by Crippen LogP contribution is 2.14. The second-order valence-electron chi connectivity index (χ2n) is 19.2. The molecular weight excluding hydrogens is 877 g/mol. The van der Waals surface area contributed by atoms with Crippen LogP contribution in [0.15, 0.2) is 109 Å². The van der Waals surface area contributed by atoms with Crippen molar-refractivity contribution in [1.29, 1.82) is 0 Å². The summed E-state index contributed by atoms with van der Waals surface area (Å²) in [6, 6.07) is 0. The molecule has 0 fully saturated rings. The van der Waals surface area contributed by atoms with E-state index in [0.29, 0.717) is 19.3 Å². The molecule has 0 unspecified atom stereocenters. The van der Waals surface area contributed by atoms with Crippen LogP contribution >= 0.6 is 0 Å². The lowest BCUT2D eigenvalue weighted by atomic mass is 10.1. The smallest absolute Gasteiger partial charge is 0.306 e. The maximum atomic E-state index is 12.8. The van der Waals surface area contributed by atoms with Crippen molar-refractivity contribution in [2.45, 2.75) is 271 Å². The monoisotopic (exact) mass is 985 g/mol. The van der Waals surface area contributed by atoms with Crippen LogP contribution in [0.25, 0.3) is 0 Å². The number of ether oxygens (including phenoxy) is 3. The second-order valence-corrected chi connectivity index (χ2v) is 19.2. The summed E-state index contributed by atoms with van der Waals surface area (Å²) in [6.45, 7) is 6.50. The fourth-order valence-electron chi connectivity index (χ4n) is 7.76. The zero-order valence-electron chi connectivity index (χ0n) is 46.2. The van der Waals surface area contributed by atoms with Crippen LogP contribution in [-0.4, -0.2) is 37.2 Å². The van der Waals surface area contributed by atoms with Gasteiger partial charge in [-0.05, 0) is 135 Å². The summed E-state index contributed by atoms with van der Waals surface area (Å²) in [5.74, 6) is -0.981. The van der Waals surface area contributed by atoms with Gasteiger partial charge in [-0.3, -0.25) is 14.4 Å². The van der Waals surface area contributed by atoms with Gasteiger partial charge in [0.25, 0.3) is 0 Å². The second kappa shape index (κ2) is 58.6. The Bertz CT molecular complexity index is 1460. The molecule has 0 aromatic heterocycles. The maximum Gasteiger partial charge on any atom is 0.306 e. The molecule has 0 radical (unpaired) electrons. The van der Waals surface area contributed by atoms with Gasteiger partial charge in [0.05, 0.1) is 0 Å². The Hall–Kier alpha value is -3.93. The number of esters is 3. The van der Waals surface area contributed by atoms with E-state index in [0.717, 1.165) is 96.3 Å². The zero-order chi connectivity index (χ0) is 51.4. The number of hydrogen-bond acceptors (Lipinski definition) is 6. The van der Waals surface area contributed by atoms with Gasteiger partial charge in [-0.25, -0.2) is 0 Å². The Morgan fingerprint density at radius 3 is 0.831 bits per heavy atom. The van der Waals surface area contributed by atoms with Gasteiger partial charge in [0.15, 0.2) is 6.10 Å². The molecule has 6 heteroatoms. The molecule has 404 valence electrons. The van der Waals surface area contributed by atoms with Gasteiger partial charge in [0.2, 0.25) is 0 Å². The third-order valence-electron chi connectivity index (χ3n) is 12.2. The molecule has 0 saturated heterocycles. The molecule has 0 spiro atoms. The fraction of sp³-hybridized carbons (Fsp3) is 0.677. The molecule has 0 saturated carbocycles. The van der Waals surface area contributed by atoms with Crippen LogP contribution in [0.3, 0.4) is 0 Å². The fourth-order valence-corrected chi connectivity index (χ4v) is 7.76. The molecule has 0 amide bonds. The van der Waals surface area contributed by atoms with Crippen molar-refractivity contribution in [2.24, 2.45) is 0 Å². The SMILES string of the molecule is CCCCC/C=C\C/C=C\C/C=C\C/C=C\CCCCCC(=O)OC[C@H](COC(=O)CCCCCCCCCCC/C=C\C/C=C\CCCCC)OC(=O)CCCC/C=C\C/C=C\C/C=C\CCCCC. The van der Waals surface area contributed by atoms with Crippen LogP contribution in [0, 0.1) is 0 Å². The van der Waals surface area contributed by atoms with Crippen molar-refractivity contribution >= 4 is 17.9 Å². The third-order valence-corrected chi connectivity index (χ3v) is 12.2. The third kappa shape index (κ3) is 56.9. The van der Waals surface area contributed by atoms with Crippen molar-refractivity contribution in [3.63, 3.8) is 0 Å². The highest BCUT2D eigenvalue weighted by atomic mass is 16.6. The predicted molar refractivity (Wildman–Crippen MR) is 307 cm³/mol. The molecule has 1 atom stereocenters. The maximum absolute atomic E-state index is 12.8. The van der Waals surface area contributed by atoms with Gasteiger partial charge in [-0.15, -0.1) is 0 Å². The molecule has 6 nitrogen and oxygen atoms in total. The quantitative estimate of drug-likeness (QED) is 0.0261. The van der Waals surface area contributed by atoms with Crippen molar-refractivity contribution in [1.82, 2.24) is 0 Å². The highest BCUT2D eigenvalue weighted by Gasteiger charge is 2.19. The molecule has 71 heavy (non-hydrogen) atoms. The summed E-state index contributed by atoms with van der Waals surface area (Å²) >= 11 is 0. The number of hydrogen-bond donors (Lipinski definition) is 0. The average Bonchev–Trinajstić information content (AvgIpc) is 3.37. The standard InChI is InChI=1S/C65H108O6/c1-4-7-10-13-16-19-22-25-28-30-32-34-37-39-42-45-48-51-54-57-63(66)69-60-62(71-65(68)59-56-53-50-47-44-41-36-27-24-21-18-15-12-9-6-3)61-70-64(67)58-55-52-49-46-43-40-38-35-33-31-29-26-23-20-17-14-11-8-5-2/h16-21,25-29,32,34,36,39,42,44,47,62H,4-15,22-24,30-31,33,35,37-38,40-41,43,45-46,48-61H2,1-3H3/b19-16-,20-17-,21-18-,28-25-,29-26-,34-32-,36-27-,42-39-,47-44-/t62-/m1/s1. The molecule has 0 rings (SSSR count). The first-order valence-electron chi connectivity index (χ1n) is 29.4. The number of carbonyl (C=O) groups is 3. The van der Waals surface area contributed by atoms with E-state index in [9.17, 15) is 14.4 Å². The summed E-state index contributed by atoms with van der Waals surface area (Å²) < 4.78 is 16.8. The Morgan fingerprint density at radius 1 is 0.282 bits per heavy atom. The van der Waals surface area contributed by atoms with Crippen molar-refractivity contribution in [2.75, 3.05) is 13.2 Å². The van der Waals surface area contributed by atoms with Crippen LogP contribution in [0.2, 0.25) is 0 Å². The van der Waals surface area contributed by atoms with Gasteiger partial charge >= 0.3 is 17.9 Å². The molecule has 0 N–H and O–H groups in total. The minimum Gasteiger partial charge on any atom is -0.462 e. The van der Waals surface area contributed by atoms with Crippen LogP contribution in [0.5, 0.6) is 0 Å². The normalized spacial score (nSPS) is 12.9. The Balaban J connectivity index is 4.50. The minimum absolute atomic E-state index is 0.107. The Morgan fingerprint density at radius 2 is 0.507 bits per heavy atom. The van der Waals surface area contributed by atoms with Crippen molar-refractivity contribution in [3.8, 4) is 0 Å². The first-order valence-corrected chi connectivity index (χ1v) is 29.4. The Labute approximate surface area is 438 Å². The first-order chi connectivity index (χ1) is 35.0. The molecule has 0 bridgehead atoms. The van der Waals surface area contributed by atoms with E-state index in [1.165, 1.54) is 122 Å². The van der Waals surface area contributed by atoms with Crippen LogP contribution < -0.4 is 0 Å². The number of carbonyl (C=O) groups excluding carboxylic acids is 3. The summed E-state index contributed by atoms with van der Waals surface area (Å²) in [5, 5.41) is 0. The van der Waals surface area contributed by atoms with E-state index in [4.69, 9.17) is 14.2 Å². The van der Waals surface area contributed by atoms with E-state index < -0.39 is 6.10 Å². The molecule has 0 aromatic carbocycles. The van der Waals surface area contributed by atoms with Crippen LogP contribution in [0.1, 0.15) is 265 Å². The number of allylic oxidation sites excluding steroid dienone is 18. The molecule has 0 heterocycles. The molecule has 0 aliphatic heterocycles. The summed E-state index contributed by atoms with van der Waals surface area (Å²) in [4.78, 5) is 38.2. The van der Waals surface area contributed by atoms with Gasteiger partial charge in [-0.1, -0.05) is 220 Å². The van der Waals surface area contributed by atoms with Crippen LogP contribution in [0.4, 0.5) is 0 Å². The predicted octanol–water partition coefficient (Wildman–Crippen LogP) is 19.9. The highest BCUT2D eigenvalue weighted by molar-refractivity contribution is 5.71. The largest absolute Gasteiger partial charge is 0.462 e. The van der Waals surface area contributed by atoms with E-state index in [-0.39, 0.29) is 37.5 Å². The molecule has 0 aliphatic carbocycles.